The van der Waals surface area contributed by atoms with Gasteiger partial charge in [-0.15, -0.1) is 0 Å². The fourth-order valence-corrected chi connectivity index (χ4v) is 1.51. The van der Waals surface area contributed by atoms with Gasteiger partial charge in [0.2, 0.25) is 0 Å². The van der Waals surface area contributed by atoms with Crippen LogP contribution >= 0.6 is 0 Å². The molecule has 0 aromatic heterocycles. The average molecular weight is 237 g/mol. The minimum absolute atomic E-state index is 0.211. The summed E-state index contributed by atoms with van der Waals surface area (Å²) in [7, 11) is 0. The number of carbonyl (C=O) groups is 1. The molecular weight excluding hydrogens is 217 g/mol. The second kappa shape index (κ2) is 5.30. The zero-order chi connectivity index (χ0) is 13.1. The van der Waals surface area contributed by atoms with Crippen molar-refractivity contribution in [2.75, 3.05) is 0 Å². The molecule has 3 heteroatoms. The Hall–Kier alpha value is -1.38. The first-order valence-corrected chi connectivity index (χ1v) is 5.93. The van der Waals surface area contributed by atoms with Gasteiger partial charge in [0.1, 0.15) is 6.17 Å². The lowest BCUT2D eigenvalue weighted by Crippen LogP contribution is -2.43. The predicted molar refractivity (Wildman–Crippen MR) is 67.8 cm³/mol. The van der Waals surface area contributed by atoms with E-state index in [1.807, 2.05) is 20.8 Å². The van der Waals surface area contributed by atoms with E-state index in [9.17, 15) is 9.18 Å². The fourth-order valence-electron chi connectivity index (χ4n) is 1.51. The van der Waals surface area contributed by atoms with Crippen molar-refractivity contribution < 1.29 is 9.18 Å². The molecule has 2 nitrogen and oxygen atoms in total. The van der Waals surface area contributed by atoms with E-state index in [-0.39, 0.29) is 11.4 Å². The summed E-state index contributed by atoms with van der Waals surface area (Å²) < 4.78 is 13.4. The molecule has 1 aromatic rings. The molecule has 0 radical (unpaired) electrons. The van der Waals surface area contributed by atoms with Crippen molar-refractivity contribution >= 4 is 5.91 Å². The number of amides is 1. The van der Waals surface area contributed by atoms with Crippen LogP contribution in [0.4, 0.5) is 4.39 Å². The first-order chi connectivity index (χ1) is 7.87. The Morgan fingerprint density at radius 3 is 2.53 bits per heavy atom. The van der Waals surface area contributed by atoms with Gasteiger partial charge in [-0.2, -0.15) is 0 Å². The molecule has 17 heavy (non-hydrogen) atoms. The third kappa shape index (κ3) is 3.55. The summed E-state index contributed by atoms with van der Waals surface area (Å²) in [5, 5.41) is 2.91. The van der Waals surface area contributed by atoms with E-state index >= 15 is 0 Å². The van der Waals surface area contributed by atoms with Crippen molar-refractivity contribution in [3.05, 3.63) is 35.4 Å². The SMILES string of the molecule is CCC(C)(C)NC(=O)c1ccccc1[C@@H](C)F. The number of hydrogen-bond donors (Lipinski definition) is 1. The highest BCUT2D eigenvalue weighted by Crippen LogP contribution is 2.21. The lowest BCUT2D eigenvalue weighted by atomic mass is 9.99. The molecule has 94 valence electrons. The standard InChI is InChI=1S/C14H20FNO/c1-5-14(3,4)16-13(17)12-9-7-6-8-11(12)10(2)15/h6-10H,5H2,1-4H3,(H,16,17)/t10-/m1/s1. The molecule has 0 bridgehead atoms. The van der Waals surface area contributed by atoms with Gasteiger partial charge in [-0.1, -0.05) is 25.1 Å². The normalized spacial score (nSPS) is 13.2. The molecule has 1 amide bonds. The Kier molecular flexibility index (Phi) is 4.27. The first kappa shape index (κ1) is 13.7. The van der Waals surface area contributed by atoms with Crippen LogP contribution in [-0.2, 0) is 0 Å². The Morgan fingerprint density at radius 2 is 2.00 bits per heavy atom. The second-order valence-electron chi connectivity index (χ2n) is 4.89. The van der Waals surface area contributed by atoms with E-state index in [2.05, 4.69) is 5.32 Å². The molecule has 1 rings (SSSR count). The summed E-state index contributed by atoms with van der Waals surface area (Å²) >= 11 is 0. The van der Waals surface area contributed by atoms with Gasteiger partial charge in [-0.05, 0) is 38.8 Å². The number of halogens is 1. The maximum Gasteiger partial charge on any atom is 0.252 e. The van der Waals surface area contributed by atoms with Gasteiger partial charge in [0.25, 0.3) is 5.91 Å². The van der Waals surface area contributed by atoms with Crippen LogP contribution in [0, 0.1) is 0 Å². The third-order valence-electron chi connectivity index (χ3n) is 2.97. The largest absolute Gasteiger partial charge is 0.347 e. The summed E-state index contributed by atoms with van der Waals surface area (Å²) in [6, 6.07) is 6.80. The third-order valence-corrected chi connectivity index (χ3v) is 2.97. The number of nitrogens with one attached hydrogen (secondary N) is 1. The van der Waals surface area contributed by atoms with Crippen LogP contribution in [0.15, 0.2) is 24.3 Å². The molecule has 0 saturated heterocycles. The summed E-state index contributed by atoms with van der Waals surface area (Å²) in [6.45, 7) is 7.35. The molecule has 0 aliphatic heterocycles. The predicted octanol–water partition coefficient (Wildman–Crippen LogP) is 3.64. The van der Waals surface area contributed by atoms with E-state index in [1.165, 1.54) is 6.92 Å². The minimum atomic E-state index is -1.14. The van der Waals surface area contributed by atoms with Gasteiger partial charge in [0, 0.05) is 11.1 Å². The van der Waals surface area contributed by atoms with E-state index in [4.69, 9.17) is 0 Å². The van der Waals surface area contributed by atoms with Crippen LogP contribution in [0.2, 0.25) is 0 Å². The van der Waals surface area contributed by atoms with Crippen molar-refractivity contribution in [2.45, 2.75) is 45.8 Å². The van der Waals surface area contributed by atoms with Gasteiger partial charge in [-0.25, -0.2) is 4.39 Å². The Bertz CT molecular complexity index is 399. The zero-order valence-electron chi connectivity index (χ0n) is 10.9. The van der Waals surface area contributed by atoms with Crippen molar-refractivity contribution in [2.24, 2.45) is 0 Å². The Morgan fingerprint density at radius 1 is 1.41 bits per heavy atom. The maximum atomic E-state index is 13.4. The number of carbonyl (C=O) groups excluding carboxylic acids is 1. The summed E-state index contributed by atoms with van der Waals surface area (Å²) in [4.78, 5) is 12.1. The molecule has 0 spiro atoms. The maximum absolute atomic E-state index is 13.4. The quantitative estimate of drug-likeness (QED) is 0.851. The molecule has 0 unspecified atom stereocenters. The average Bonchev–Trinajstić information content (AvgIpc) is 2.28. The van der Waals surface area contributed by atoms with Crippen molar-refractivity contribution in [3.63, 3.8) is 0 Å². The molecule has 1 N–H and O–H groups in total. The lowest BCUT2D eigenvalue weighted by Gasteiger charge is -2.25. The number of benzene rings is 1. The van der Waals surface area contributed by atoms with Crippen molar-refractivity contribution in [3.8, 4) is 0 Å². The highest BCUT2D eigenvalue weighted by Gasteiger charge is 2.21. The number of hydrogen-bond acceptors (Lipinski definition) is 1. The van der Waals surface area contributed by atoms with Crippen LogP contribution in [0.1, 0.15) is 56.2 Å². The highest BCUT2D eigenvalue weighted by molar-refractivity contribution is 5.96. The molecular formula is C14H20FNO. The fraction of sp³-hybridized carbons (Fsp3) is 0.500. The minimum Gasteiger partial charge on any atom is -0.347 e. The van der Waals surface area contributed by atoms with E-state index in [0.717, 1.165) is 6.42 Å². The summed E-state index contributed by atoms with van der Waals surface area (Å²) in [6.07, 6.45) is -0.312. The molecule has 0 fully saturated rings. The van der Waals surface area contributed by atoms with Crippen molar-refractivity contribution in [1.29, 1.82) is 0 Å². The molecule has 1 aromatic carbocycles. The van der Waals surface area contributed by atoms with Crippen LogP contribution in [0.25, 0.3) is 0 Å². The van der Waals surface area contributed by atoms with Gasteiger partial charge < -0.3 is 5.32 Å². The topological polar surface area (TPSA) is 29.1 Å². The first-order valence-electron chi connectivity index (χ1n) is 5.93. The van der Waals surface area contributed by atoms with Crippen LogP contribution in [0.5, 0.6) is 0 Å². The molecule has 0 saturated carbocycles. The van der Waals surface area contributed by atoms with Gasteiger partial charge in [-0.3, -0.25) is 4.79 Å². The smallest absolute Gasteiger partial charge is 0.252 e. The second-order valence-corrected chi connectivity index (χ2v) is 4.89. The van der Waals surface area contributed by atoms with Crippen LogP contribution in [-0.4, -0.2) is 11.4 Å². The number of rotatable bonds is 4. The van der Waals surface area contributed by atoms with Crippen molar-refractivity contribution in [1.82, 2.24) is 5.32 Å². The van der Waals surface area contributed by atoms with E-state index < -0.39 is 6.17 Å². The lowest BCUT2D eigenvalue weighted by molar-refractivity contribution is 0.0908. The molecule has 0 heterocycles. The Labute approximate surface area is 102 Å². The van der Waals surface area contributed by atoms with Gasteiger partial charge in [0.05, 0.1) is 0 Å². The van der Waals surface area contributed by atoms with E-state index in [1.54, 1.807) is 24.3 Å². The molecule has 1 atom stereocenters. The molecule has 0 aliphatic carbocycles. The zero-order valence-corrected chi connectivity index (χ0v) is 10.9. The summed E-state index contributed by atoms with van der Waals surface area (Å²) in [5.41, 5.74) is 0.588. The van der Waals surface area contributed by atoms with Crippen LogP contribution in [0.3, 0.4) is 0 Å². The summed E-state index contributed by atoms with van der Waals surface area (Å²) in [5.74, 6) is -0.211. The van der Waals surface area contributed by atoms with Gasteiger partial charge >= 0.3 is 0 Å². The van der Waals surface area contributed by atoms with Crippen LogP contribution < -0.4 is 5.32 Å². The molecule has 0 aliphatic rings. The number of alkyl halides is 1. The monoisotopic (exact) mass is 237 g/mol. The van der Waals surface area contributed by atoms with Gasteiger partial charge in [0.15, 0.2) is 0 Å². The Balaban J connectivity index is 2.97. The van der Waals surface area contributed by atoms with E-state index in [0.29, 0.717) is 11.1 Å². The highest BCUT2D eigenvalue weighted by atomic mass is 19.1.